The predicted molar refractivity (Wildman–Crippen MR) is 110 cm³/mol. The monoisotopic (exact) mass is 389 g/mol. The second-order valence-electron chi connectivity index (χ2n) is 6.23. The van der Waals surface area contributed by atoms with Crippen LogP contribution >= 0.6 is 0 Å². The normalized spacial score (nSPS) is 11.1. The maximum Gasteiger partial charge on any atom is 0.289 e. The molecule has 4 rings (SSSR count). The number of benzene rings is 2. The van der Waals surface area contributed by atoms with Crippen LogP contribution in [0.5, 0.6) is 11.5 Å². The summed E-state index contributed by atoms with van der Waals surface area (Å²) in [4.78, 5) is 15.5. The van der Waals surface area contributed by atoms with Gasteiger partial charge in [-0.3, -0.25) is 9.89 Å². The lowest BCUT2D eigenvalue weighted by Crippen LogP contribution is -2.17. The van der Waals surface area contributed by atoms with Crippen LogP contribution in [0.1, 0.15) is 16.1 Å². The average molecular weight is 389 g/mol. The van der Waals surface area contributed by atoms with E-state index in [4.69, 9.17) is 9.47 Å². The van der Waals surface area contributed by atoms with Gasteiger partial charge in [-0.25, -0.2) is 5.43 Å². The Bertz CT molecular complexity index is 1190. The number of nitrogens with one attached hydrogen (secondary N) is 3. The van der Waals surface area contributed by atoms with Crippen LogP contribution in [0.2, 0.25) is 0 Å². The smallest absolute Gasteiger partial charge is 0.289 e. The van der Waals surface area contributed by atoms with Gasteiger partial charge in [-0.1, -0.05) is 18.2 Å². The number of hydrogen-bond donors (Lipinski definition) is 3. The number of carbonyl (C=O) groups excluding carboxylic acids is 1. The summed E-state index contributed by atoms with van der Waals surface area (Å²) >= 11 is 0. The minimum absolute atomic E-state index is 0.297. The Balaban J connectivity index is 1.47. The van der Waals surface area contributed by atoms with E-state index in [0.29, 0.717) is 22.9 Å². The van der Waals surface area contributed by atoms with Gasteiger partial charge >= 0.3 is 0 Å². The molecular weight excluding hydrogens is 370 g/mol. The largest absolute Gasteiger partial charge is 0.493 e. The molecule has 8 nitrogen and oxygen atoms in total. The fraction of sp³-hybridized carbons (Fsp3) is 0.0952. The number of para-hydroxylation sites is 1. The molecule has 1 amide bonds. The first-order chi connectivity index (χ1) is 14.2. The fourth-order valence-corrected chi connectivity index (χ4v) is 3.00. The zero-order valence-electron chi connectivity index (χ0n) is 15.9. The van der Waals surface area contributed by atoms with Crippen LogP contribution in [0.25, 0.3) is 22.2 Å². The molecule has 0 fully saturated rings. The Kier molecular flexibility index (Phi) is 4.98. The first-order valence-corrected chi connectivity index (χ1v) is 8.87. The lowest BCUT2D eigenvalue weighted by Gasteiger charge is -2.08. The second-order valence-corrected chi connectivity index (χ2v) is 6.23. The molecular formula is C21H19N5O3. The molecule has 29 heavy (non-hydrogen) atoms. The number of rotatable bonds is 6. The van der Waals surface area contributed by atoms with Crippen LogP contribution in [0, 0.1) is 0 Å². The van der Waals surface area contributed by atoms with Gasteiger partial charge in [0.2, 0.25) is 0 Å². The molecule has 4 aromatic rings. The number of H-pyrrole nitrogens is 2. The van der Waals surface area contributed by atoms with Gasteiger partial charge in [0.25, 0.3) is 5.91 Å². The molecule has 0 aliphatic carbocycles. The van der Waals surface area contributed by atoms with E-state index in [-0.39, 0.29) is 5.91 Å². The van der Waals surface area contributed by atoms with Crippen LogP contribution in [-0.2, 0) is 0 Å². The number of fused-ring (bicyclic) bond motifs is 1. The lowest BCUT2D eigenvalue weighted by molar-refractivity contribution is 0.0950. The highest BCUT2D eigenvalue weighted by atomic mass is 16.5. The standard InChI is InChI=1S/C21H19N5O3/c1-28-19-8-7-13(9-20(19)29-2)17-10-18(25-24-17)21(27)26-23-12-14-11-22-16-6-4-3-5-15(14)16/h3-12,22H,1-2H3,(H,24,25)(H,26,27)/b23-12+. The van der Waals surface area contributed by atoms with Gasteiger partial charge in [-0.05, 0) is 30.3 Å². The van der Waals surface area contributed by atoms with Crippen molar-refractivity contribution in [3.8, 4) is 22.8 Å². The summed E-state index contributed by atoms with van der Waals surface area (Å²) in [5.41, 5.74) is 6.10. The molecule has 0 radical (unpaired) electrons. The zero-order chi connectivity index (χ0) is 20.2. The molecule has 3 N–H and O–H groups in total. The topological polar surface area (TPSA) is 104 Å². The molecule has 2 heterocycles. The van der Waals surface area contributed by atoms with E-state index in [1.807, 2.05) is 36.5 Å². The summed E-state index contributed by atoms with van der Waals surface area (Å²) in [6.45, 7) is 0. The van der Waals surface area contributed by atoms with E-state index < -0.39 is 0 Å². The van der Waals surface area contributed by atoms with Crippen LogP contribution < -0.4 is 14.9 Å². The van der Waals surface area contributed by atoms with Gasteiger partial charge in [0, 0.05) is 28.2 Å². The number of methoxy groups -OCH3 is 2. The number of aromatic amines is 2. The second kappa shape index (κ2) is 7.89. The molecule has 8 heteroatoms. The number of hydrogen-bond acceptors (Lipinski definition) is 5. The molecule has 0 atom stereocenters. The highest BCUT2D eigenvalue weighted by molar-refractivity contribution is 6.00. The first-order valence-electron chi connectivity index (χ1n) is 8.87. The zero-order valence-corrected chi connectivity index (χ0v) is 15.9. The van der Waals surface area contributed by atoms with Crippen LogP contribution in [0.15, 0.2) is 59.8 Å². The van der Waals surface area contributed by atoms with Crippen molar-refractivity contribution in [1.29, 1.82) is 0 Å². The van der Waals surface area contributed by atoms with E-state index in [2.05, 4.69) is 25.7 Å². The summed E-state index contributed by atoms with van der Waals surface area (Å²) in [7, 11) is 3.14. The summed E-state index contributed by atoms with van der Waals surface area (Å²) in [6.07, 6.45) is 3.44. The summed E-state index contributed by atoms with van der Waals surface area (Å²) in [5.74, 6) is 0.819. The van der Waals surface area contributed by atoms with Gasteiger partial charge in [0.05, 0.1) is 26.1 Å². The maximum atomic E-state index is 12.4. The predicted octanol–water partition coefficient (Wildman–Crippen LogP) is 3.34. The first kappa shape index (κ1) is 18.3. The number of nitrogens with zero attached hydrogens (tertiary/aromatic N) is 2. The molecule has 2 aromatic heterocycles. The third-order valence-electron chi connectivity index (χ3n) is 4.49. The third kappa shape index (κ3) is 3.68. The number of amides is 1. The van der Waals surface area contributed by atoms with E-state index in [1.54, 1.807) is 38.6 Å². The Morgan fingerprint density at radius 1 is 1.10 bits per heavy atom. The van der Waals surface area contributed by atoms with Gasteiger partial charge in [-0.15, -0.1) is 0 Å². The van der Waals surface area contributed by atoms with E-state index in [9.17, 15) is 4.79 Å². The van der Waals surface area contributed by atoms with Gasteiger partial charge in [0.15, 0.2) is 11.5 Å². The van der Waals surface area contributed by atoms with Crippen molar-refractivity contribution in [3.05, 3.63) is 66.0 Å². The minimum atomic E-state index is -0.389. The maximum absolute atomic E-state index is 12.4. The molecule has 146 valence electrons. The molecule has 2 aromatic carbocycles. The summed E-state index contributed by atoms with van der Waals surface area (Å²) < 4.78 is 10.5. The van der Waals surface area contributed by atoms with Crippen molar-refractivity contribution >= 4 is 23.0 Å². The third-order valence-corrected chi connectivity index (χ3v) is 4.49. The lowest BCUT2D eigenvalue weighted by atomic mass is 10.1. The molecule has 0 saturated heterocycles. The summed E-state index contributed by atoms with van der Waals surface area (Å²) in [6, 6.07) is 14.9. The Hall–Kier alpha value is -4.07. The Morgan fingerprint density at radius 2 is 1.93 bits per heavy atom. The van der Waals surface area contributed by atoms with E-state index >= 15 is 0 Å². The SMILES string of the molecule is COc1ccc(-c2cc(C(=O)N/N=C/c3c[nH]c4ccccc34)[nH]n2)cc1OC. The van der Waals surface area contributed by atoms with Crippen molar-refractivity contribution in [3.63, 3.8) is 0 Å². The van der Waals surface area contributed by atoms with Crippen molar-refractivity contribution in [2.45, 2.75) is 0 Å². The fourth-order valence-electron chi connectivity index (χ4n) is 3.00. The van der Waals surface area contributed by atoms with Gasteiger partial charge < -0.3 is 14.5 Å². The average Bonchev–Trinajstić information content (AvgIpc) is 3.41. The quantitative estimate of drug-likeness (QED) is 0.347. The van der Waals surface area contributed by atoms with Gasteiger partial charge in [0.1, 0.15) is 5.69 Å². The highest BCUT2D eigenvalue weighted by Crippen LogP contribution is 2.31. The van der Waals surface area contributed by atoms with Gasteiger partial charge in [-0.2, -0.15) is 10.2 Å². The molecule has 0 aliphatic rings. The van der Waals surface area contributed by atoms with Crippen molar-refractivity contribution < 1.29 is 14.3 Å². The Morgan fingerprint density at radius 3 is 2.76 bits per heavy atom. The highest BCUT2D eigenvalue weighted by Gasteiger charge is 2.12. The van der Waals surface area contributed by atoms with Crippen LogP contribution in [0.4, 0.5) is 0 Å². The molecule has 0 saturated carbocycles. The summed E-state index contributed by atoms with van der Waals surface area (Å²) in [5, 5.41) is 12.0. The molecule has 0 aliphatic heterocycles. The van der Waals surface area contributed by atoms with Crippen molar-refractivity contribution in [2.75, 3.05) is 14.2 Å². The molecule has 0 unspecified atom stereocenters. The molecule has 0 bridgehead atoms. The van der Waals surface area contributed by atoms with E-state index in [1.165, 1.54) is 0 Å². The Labute approximate surface area is 166 Å². The van der Waals surface area contributed by atoms with Crippen molar-refractivity contribution in [1.82, 2.24) is 20.6 Å². The number of ether oxygens (including phenoxy) is 2. The molecule has 0 spiro atoms. The van der Waals surface area contributed by atoms with Crippen LogP contribution in [0.3, 0.4) is 0 Å². The van der Waals surface area contributed by atoms with Crippen molar-refractivity contribution in [2.24, 2.45) is 5.10 Å². The minimum Gasteiger partial charge on any atom is -0.493 e. The van der Waals surface area contributed by atoms with E-state index in [0.717, 1.165) is 22.0 Å². The number of hydrazone groups is 1. The number of aromatic nitrogens is 3. The van der Waals surface area contributed by atoms with Crippen LogP contribution in [-0.4, -0.2) is 41.5 Å². The number of carbonyl (C=O) groups is 1.